The molecule has 9 nitrogen and oxygen atoms in total. The van der Waals surface area contributed by atoms with Gasteiger partial charge in [0.05, 0.1) is 30.8 Å². The van der Waals surface area contributed by atoms with Gasteiger partial charge in [0.1, 0.15) is 28.5 Å². The second-order valence-electron chi connectivity index (χ2n) is 7.97. The largest absolute Gasteiger partial charge is 0.497 e. The van der Waals surface area contributed by atoms with Gasteiger partial charge in [-0.3, -0.25) is 4.98 Å². The Morgan fingerprint density at radius 1 is 0.946 bits per heavy atom. The number of nitrogens with one attached hydrogen (secondary N) is 1. The summed E-state index contributed by atoms with van der Waals surface area (Å²) in [4.78, 5) is 21.6. The fourth-order valence-electron chi connectivity index (χ4n) is 3.55. The van der Waals surface area contributed by atoms with Crippen molar-refractivity contribution in [3.05, 3.63) is 78.9 Å². The van der Waals surface area contributed by atoms with E-state index in [4.69, 9.17) is 14.5 Å². The van der Waals surface area contributed by atoms with Gasteiger partial charge in [-0.1, -0.05) is 19.1 Å². The lowest BCUT2D eigenvalue weighted by Gasteiger charge is -2.09. The highest BCUT2D eigenvalue weighted by molar-refractivity contribution is 7.98. The summed E-state index contributed by atoms with van der Waals surface area (Å²) in [6, 6.07) is 14.7. The van der Waals surface area contributed by atoms with Crippen LogP contribution in [0, 0.1) is 0 Å². The number of thioether (sulfide) groups is 1. The van der Waals surface area contributed by atoms with Gasteiger partial charge in [0.2, 0.25) is 0 Å². The average molecular weight is 534 g/mol. The number of H-pyrrole nitrogens is 1. The topological polar surface area (TPSA) is 120 Å². The van der Waals surface area contributed by atoms with Crippen molar-refractivity contribution in [1.82, 2.24) is 24.9 Å². The van der Waals surface area contributed by atoms with Crippen LogP contribution in [0.4, 0.5) is 0 Å². The van der Waals surface area contributed by atoms with Gasteiger partial charge in [-0.05, 0) is 35.9 Å². The number of nitrogens with zero attached hydrogens (tertiary/aromatic N) is 4. The van der Waals surface area contributed by atoms with Crippen LogP contribution < -0.4 is 9.47 Å². The molecule has 0 radical (unpaired) electrons. The third kappa shape index (κ3) is 5.57. The highest BCUT2D eigenvalue weighted by Gasteiger charge is 2.16. The van der Waals surface area contributed by atoms with Gasteiger partial charge >= 0.3 is 0 Å². The molecule has 3 aromatic heterocycles. The quantitative estimate of drug-likeness (QED) is 0.252. The van der Waals surface area contributed by atoms with Crippen LogP contribution in [-0.2, 0) is 15.6 Å². The molecule has 0 fully saturated rings. The van der Waals surface area contributed by atoms with Crippen LogP contribution in [0.5, 0.6) is 17.2 Å². The molecule has 0 bridgehead atoms. The number of hydrogen-bond donors (Lipinski definition) is 1. The van der Waals surface area contributed by atoms with Gasteiger partial charge in [-0.15, -0.1) is 11.8 Å². The molecule has 0 aliphatic carbocycles. The second-order valence-corrected chi connectivity index (χ2v) is 11.2. The Hall–Kier alpha value is -3.96. The van der Waals surface area contributed by atoms with E-state index in [1.165, 1.54) is 12.3 Å². The predicted octanol–water partition coefficient (Wildman–Crippen LogP) is 5.30. The first-order valence-corrected chi connectivity index (χ1v) is 14.0. The average Bonchev–Trinajstić information content (AvgIpc) is 3.37. The summed E-state index contributed by atoms with van der Waals surface area (Å²) < 4.78 is 35.5. The molecule has 1 N–H and O–H groups in total. The Bertz CT molecular complexity index is 1620. The van der Waals surface area contributed by atoms with Gasteiger partial charge < -0.3 is 14.5 Å². The lowest BCUT2D eigenvalue weighted by molar-refractivity contribution is 0.414. The minimum Gasteiger partial charge on any atom is -0.497 e. The molecule has 0 aliphatic heterocycles. The first-order valence-electron chi connectivity index (χ1n) is 11.4. The van der Waals surface area contributed by atoms with Gasteiger partial charge in [-0.2, -0.15) is 0 Å². The van der Waals surface area contributed by atoms with Crippen molar-refractivity contribution in [2.45, 2.75) is 22.6 Å². The van der Waals surface area contributed by atoms with Crippen molar-refractivity contribution in [3.8, 4) is 28.8 Å². The molecule has 0 saturated heterocycles. The number of sulfone groups is 1. The molecule has 5 aromatic rings. The molecule has 37 heavy (non-hydrogen) atoms. The number of pyridine rings is 1. The van der Waals surface area contributed by atoms with E-state index in [2.05, 4.69) is 19.9 Å². The zero-order valence-electron chi connectivity index (χ0n) is 20.1. The van der Waals surface area contributed by atoms with Crippen LogP contribution in [0.2, 0.25) is 0 Å². The van der Waals surface area contributed by atoms with Crippen molar-refractivity contribution in [3.63, 3.8) is 0 Å². The molecule has 0 atom stereocenters. The molecule has 2 aromatic carbocycles. The van der Waals surface area contributed by atoms with E-state index in [0.717, 1.165) is 27.2 Å². The second kappa shape index (κ2) is 10.6. The maximum Gasteiger partial charge on any atom is 0.195 e. The van der Waals surface area contributed by atoms with Crippen LogP contribution in [0.1, 0.15) is 12.5 Å². The summed E-state index contributed by atoms with van der Waals surface area (Å²) in [5.41, 5.74) is 3.32. The molecule has 0 aliphatic rings. The highest BCUT2D eigenvalue weighted by Crippen LogP contribution is 2.36. The zero-order chi connectivity index (χ0) is 25.8. The fourth-order valence-corrected chi connectivity index (χ4v) is 5.34. The van der Waals surface area contributed by atoms with Crippen LogP contribution in [0.25, 0.3) is 22.6 Å². The number of aromatic amines is 1. The van der Waals surface area contributed by atoms with E-state index >= 15 is 0 Å². The van der Waals surface area contributed by atoms with E-state index in [1.54, 1.807) is 50.5 Å². The van der Waals surface area contributed by atoms with Gasteiger partial charge in [0.25, 0.3) is 0 Å². The Balaban J connectivity index is 1.48. The number of fused-ring (bicyclic) bond motifs is 1. The summed E-state index contributed by atoms with van der Waals surface area (Å²) in [7, 11) is -1.74. The lowest BCUT2D eigenvalue weighted by Crippen LogP contribution is -2.05. The summed E-state index contributed by atoms with van der Waals surface area (Å²) in [5, 5.41) is 0.0238. The molecule has 0 unspecified atom stereocenters. The Morgan fingerprint density at radius 3 is 2.43 bits per heavy atom. The third-order valence-corrected chi connectivity index (χ3v) is 8.27. The first-order chi connectivity index (χ1) is 17.9. The molecule has 0 spiro atoms. The van der Waals surface area contributed by atoms with Gasteiger partial charge in [0.15, 0.2) is 20.7 Å². The number of ether oxygens (including phenoxy) is 2. The van der Waals surface area contributed by atoms with E-state index in [1.807, 2.05) is 36.4 Å². The maximum atomic E-state index is 12.1. The first kappa shape index (κ1) is 24.7. The SMILES string of the molecule is CCS(=O)(=O)c1ccc(Oc2cc(SCc3ccc(OC)cc3)c3nc(-c4cnccn4)[nH]c3c2)cn1. The summed E-state index contributed by atoms with van der Waals surface area (Å²) >= 11 is 1.62. The van der Waals surface area contributed by atoms with Crippen molar-refractivity contribution >= 4 is 32.6 Å². The monoisotopic (exact) mass is 533 g/mol. The third-order valence-electron chi connectivity index (χ3n) is 5.53. The molecule has 3 heterocycles. The Morgan fingerprint density at radius 2 is 1.76 bits per heavy atom. The number of imidazole rings is 1. The van der Waals surface area contributed by atoms with Gasteiger partial charge in [-0.25, -0.2) is 23.4 Å². The number of methoxy groups -OCH3 is 1. The number of aromatic nitrogens is 5. The number of hydrogen-bond acceptors (Lipinski definition) is 9. The summed E-state index contributed by atoms with van der Waals surface area (Å²) in [5.74, 6) is 3.09. The van der Waals surface area contributed by atoms with E-state index in [-0.39, 0.29) is 10.8 Å². The maximum absolute atomic E-state index is 12.1. The van der Waals surface area contributed by atoms with Crippen LogP contribution in [0.3, 0.4) is 0 Å². The molecule has 0 saturated carbocycles. The van der Waals surface area contributed by atoms with Crippen molar-refractivity contribution in [2.24, 2.45) is 0 Å². The van der Waals surface area contributed by atoms with Crippen LogP contribution >= 0.6 is 11.8 Å². The molecule has 188 valence electrons. The fraction of sp³-hybridized carbons (Fsp3) is 0.154. The van der Waals surface area contributed by atoms with E-state index in [0.29, 0.717) is 28.8 Å². The van der Waals surface area contributed by atoms with E-state index < -0.39 is 9.84 Å². The minimum atomic E-state index is -3.39. The van der Waals surface area contributed by atoms with Crippen molar-refractivity contribution in [2.75, 3.05) is 12.9 Å². The van der Waals surface area contributed by atoms with Crippen molar-refractivity contribution < 1.29 is 17.9 Å². The molecular weight excluding hydrogens is 510 g/mol. The highest BCUT2D eigenvalue weighted by atomic mass is 32.2. The van der Waals surface area contributed by atoms with Crippen molar-refractivity contribution in [1.29, 1.82) is 0 Å². The standard InChI is InChI=1S/C26H23N5O4S2/c1-3-37(32,33)24-9-8-19(14-29-24)35-20-12-21-25(31-26(30-21)22-15-27-10-11-28-22)23(13-20)36-16-17-4-6-18(34-2)7-5-17/h4-15H,3,16H2,1-2H3,(H,30,31). The van der Waals surface area contributed by atoms with E-state index in [9.17, 15) is 8.42 Å². The summed E-state index contributed by atoms with van der Waals surface area (Å²) in [6.45, 7) is 1.58. The normalized spacial score (nSPS) is 11.5. The molecule has 11 heteroatoms. The summed E-state index contributed by atoms with van der Waals surface area (Å²) in [6.07, 6.45) is 6.29. The Kier molecular flexibility index (Phi) is 7.06. The smallest absolute Gasteiger partial charge is 0.195 e. The number of rotatable bonds is 9. The Labute approximate surface area is 218 Å². The molecule has 0 amide bonds. The zero-order valence-corrected chi connectivity index (χ0v) is 21.7. The van der Waals surface area contributed by atoms with Crippen LogP contribution in [-0.4, -0.2) is 46.2 Å². The lowest BCUT2D eigenvalue weighted by atomic mass is 10.2. The molecule has 5 rings (SSSR count). The van der Waals surface area contributed by atoms with Gasteiger partial charge in [0, 0.05) is 29.1 Å². The minimum absolute atomic E-state index is 0.0143. The molecular formula is C26H23N5O4S2. The predicted molar refractivity (Wildman–Crippen MR) is 142 cm³/mol. The number of benzene rings is 2. The van der Waals surface area contributed by atoms with Crippen LogP contribution in [0.15, 0.2) is 83.2 Å².